The monoisotopic (exact) mass is 411 g/mol. The lowest BCUT2D eigenvalue weighted by atomic mass is 9.81. The fourth-order valence-corrected chi connectivity index (χ4v) is 3.91. The predicted molar refractivity (Wildman–Crippen MR) is 111 cm³/mol. The van der Waals surface area contributed by atoms with E-state index in [1.807, 2.05) is 24.3 Å². The number of ether oxygens (including phenoxy) is 3. The number of halogens is 1. The Kier molecular flexibility index (Phi) is 6.73. The molecule has 2 aromatic carbocycles. The molecule has 5 nitrogen and oxygen atoms in total. The molecule has 0 amide bonds. The third-order valence-electron chi connectivity index (χ3n) is 5.52. The van der Waals surface area contributed by atoms with E-state index in [0.29, 0.717) is 42.6 Å². The minimum absolute atomic E-state index is 0.124. The van der Waals surface area contributed by atoms with Gasteiger partial charge in [-0.3, -0.25) is 0 Å². The number of piperidine rings is 1. The molecule has 0 saturated carbocycles. The number of aliphatic hydroxyl groups excluding tert-OH is 1. The van der Waals surface area contributed by atoms with Crippen LogP contribution in [0.25, 0.3) is 0 Å². The van der Waals surface area contributed by atoms with Crippen molar-refractivity contribution in [2.24, 2.45) is 5.92 Å². The first-order valence-electron chi connectivity index (χ1n) is 10.4. The van der Waals surface area contributed by atoms with Crippen LogP contribution in [0.5, 0.6) is 17.2 Å². The highest BCUT2D eigenvalue weighted by atomic mass is 19.1. The zero-order valence-electron chi connectivity index (χ0n) is 16.8. The van der Waals surface area contributed by atoms with Gasteiger partial charge >= 0.3 is 0 Å². The number of benzene rings is 2. The van der Waals surface area contributed by atoms with E-state index in [-0.39, 0.29) is 25.1 Å². The van der Waals surface area contributed by atoms with E-state index in [1.165, 1.54) is 12.1 Å². The van der Waals surface area contributed by atoms with Crippen LogP contribution in [-0.4, -0.2) is 38.2 Å². The Morgan fingerprint density at radius 3 is 2.77 bits per heavy atom. The Hall–Kier alpha value is -2.75. The van der Waals surface area contributed by atoms with Crippen molar-refractivity contribution in [1.29, 1.82) is 0 Å². The molecule has 2 heterocycles. The van der Waals surface area contributed by atoms with Crippen molar-refractivity contribution in [2.45, 2.75) is 25.2 Å². The number of aliphatic hydroxyl groups is 1. The summed E-state index contributed by atoms with van der Waals surface area (Å²) in [6.45, 7) is 2.60. The number of hydrogen-bond donors (Lipinski definition) is 2. The third kappa shape index (κ3) is 4.86. The van der Waals surface area contributed by atoms with Crippen LogP contribution >= 0.6 is 0 Å². The van der Waals surface area contributed by atoms with Crippen molar-refractivity contribution in [3.05, 3.63) is 53.3 Å². The van der Waals surface area contributed by atoms with Crippen molar-refractivity contribution in [2.75, 3.05) is 33.1 Å². The zero-order chi connectivity index (χ0) is 20.8. The maximum absolute atomic E-state index is 13.3. The highest BCUT2D eigenvalue weighted by Gasteiger charge is 2.28. The maximum Gasteiger partial charge on any atom is 0.231 e. The van der Waals surface area contributed by atoms with Crippen molar-refractivity contribution < 1.29 is 23.7 Å². The molecule has 0 bridgehead atoms. The number of nitrogens with one attached hydrogen (secondary N) is 1. The van der Waals surface area contributed by atoms with E-state index >= 15 is 0 Å². The largest absolute Gasteiger partial charge is 0.492 e. The summed E-state index contributed by atoms with van der Waals surface area (Å²) >= 11 is 0. The normalized spacial score (nSPS) is 19.8. The summed E-state index contributed by atoms with van der Waals surface area (Å²) in [6.07, 6.45) is 2.24. The Morgan fingerprint density at radius 1 is 1.17 bits per heavy atom. The Labute approximate surface area is 176 Å². The van der Waals surface area contributed by atoms with Gasteiger partial charge in [0.25, 0.3) is 0 Å². The Balaban J connectivity index is 1.51. The van der Waals surface area contributed by atoms with Gasteiger partial charge in [0, 0.05) is 37.6 Å². The molecular formula is C24H26FNO4. The van der Waals surface area contributed by atoms with Gasteiger partial charge in [0.2, 0.25) is 6.79 Å². The lowest BCUT2D eigenvalue weighted by Gasteiger charge is -2.32. The predicted octanol–water partition coefficient (Wildman–Crippen LogP) is 3.45. The SMILES string of the molecule is OCCCC#Cc1cc2c(cc1OC[C@@H]1CNCC[C@H]1c1ccc(F)cc1)OCO2. The van der Waals surface area contributed by atoms with Crippen molar-refractivity contribution >= 4 is 0 Å². The smallest absolute Gasteiger partial charge is 0.231 e. The van der Waals surface area contributed by atoms with Crippen LogP contribution in [0.15, 0.2) is 36.4 Å². The molecule has 0 spiro atoms. The summed E-state index contributed by atoms with van der Waals surface area (Å²) in [5.74, 6) is 8.54. The molecule has 158 valence electrons. The molecular weight excluding hydrogens is 385 g/mol. The van der Waals surface area contributed by atoms with Crippen LogP contribution in [0.1, 0.15) is 36.3 Å². The minimum atomic E-state index is -0.217. The molecule has 2 N–H and O–H groups in total. The lowest BCUT2D eigenvalue weighted by Crippen LogP contribution is -2.38. The molecule has 30 heavy (non-hydrogen) atoms. The van der Waals surface area contributed by atoms with Gasteiger partial charge in [-0.15, -0.1) is 0 Å². The first kappa shape index (κ1) is 20.5. The lowest BCUT2D eigenvalue weighted by molar-refractivity contribution is 0.173. The minimum Gasteiger partial charge on any atom is -0.492 e. The second-order valence-electron chi connectivity index (χ2n) is 7.55. The molecule has 0 radical (unpaired) electrons. The number of unbranched alkanes of at least 4 members (excludes halogenated alkanes) is 1. The number of rotatable bonds is 6. The maximum atomic E-state index is 13.3. The van der Waals surface area contributed by atoms with Crippen LogP contribution < -0.4 is 19.5 Å². The van der Waals surface area contributed by atoms with E-state index < -0.39 is 0 Å². The summed E-state index contributed by atoms with van der Waals surface area (Å²) in [5, 5.41) is 12.4. The topological polar surface area (TPSA) is 60.0 Å². The van der Waals surface area contributed by atoms with E-state index in [9.17, 15) is 4.39 Å². The van der Waals surface area contributed by atoms with Gasteiger partial charge in [-0.1, -0.05) is 24.0 Å². The average molecular weight is 411 g/mol. The van der Waals surface area contributed by atoms with Gasteiger partial charge in [0.05, 0.1) is 12.2 Å². The van der Waals surface area contributed by atoms with Crippen molar-refractivity contribution in [3.8, 4) is 29.1 Å². The number of fused-ring (bicyclic) bond motifs is 1. The van der Waals surface area contributed by atoms with Gasteiger partial charge in [0.1, 0.15) is 11.6 Å². The van der Waals surface area contributed by atoms with Crippen molar-refractivity contribution in [3.63, 3.8) is 0 Å². The molecule has 6 heteroatoms. The van der Waals surface area contributed by atoms with Gasteiger partial charge < -0.3 is 24.6 Å². The molecule has 1 fully saturated rings. The van der Waals surface area contributed by atoms with E-state index in [1.54, 1.807) is 0 Å². The molecule has 2 aliphatic rings. The quantitative estimate of drug-likeness (QED) is 0.563. The Morgan fingerprint density at radius 2 is 1.97 bits per heavy atom. The molecule has 0 unspecified atom stereocenters. The molecule has 2 aliphatic heterocycles. The standard InChI is InChI=1S/C24H26FNO4/c25-20-7-5-17(6-8-20)21-9-10-26-14-19(21)15-28-22-13-24-23(29-16-30-24)12-18(22)4-2-1-3-11-27/h5-8,12-13,19,21,26-27H,1,3,9-11,14-16H2/t19-,21-/m0/s1. The molecule has 0 aromatic heterocycles. The van der Waals surface area contributed by atoms with Crippen LogP contribution in [0.3, 0.4) is 0 Å². The van der Waals surface area contributed by atoms with Crippen molar-refractivity contribution in [1.82, 2.24) is 5.32 Å². The molecule has 2 atom stereocenters. The number of hydrogen-bond acceptors (Lipinski definition) is 5. The first-order valence-corrected chi connectivity index (χ1v) is 10.4. The molecule has 0 aliphatic carbocycles. The summed E-state index contributed by atoms with van der Waals surface area (Å²) in [4.78, 5) is 0. The molecule has 2 aromatic rings. The summed E-state index contributed by atoms with van der Waals surface area (Å²) in [7, 11) is 0. The van der Waals surface area contributed by atoms with Gasteiger partial charge in [0.15, 0.2) is 11.5 Å². The van der Waals surface area contributed by atoms with Gasteiger partial charge in [-0.25, -0.2) is 4.39 Å². The van der Waals surface area contributed by atoms with Gasteiger partial charge in [-0.2, -0.15) is 0 Å². The van der Waals surface area contributed by atoms with Crippen LogP contribution in [0.4, 0.5) is 4.39 Å². The molecule has 4 rings (SSSR count). The fraction of sp³-hybridized carbons (Fsp3) is 0.417. The van der Waals surface area contributed by atoms with Crippen LogP contribution in [0, 0.1) is 23.6 Å². The van der Waals surface area contributed by atoms with E-state index in [4.69, 9.17) is 19.3 Å². The zero-order valence-corrected chi connectivity index (χ0v) is 16.8. The van der Waals surface area contributed by atoms with Crippen LogP contribution in [-0.2, 0) is 0 Å². The average Bonchev–Trinajstić information content (AvgIpc) is 3.23. The van der Waals surface area contributed by atoms with Gasteiger partial charge in [-0.05, 0) is 43.0 Å². The van der Waals surface area contributed by atoms with Crippen LogP contribution in [0.2, 0.25) is 0 Å². The summed E-state index contributed by atoms with van der Waals surface area (Å²) in [6, 6.07) is 10.5. The third-order valence-corrected chi connectivity index (χ3v) is 5.52. The fourth-order valence-electron chi connectivity index (χ4n) is 3.91. The highest BCUT2D eigenvalue weighted by Crippen LogP contribution is 2.39. The second-order valence-corrected chi connectivity index (χ2v) is 7.55. The summed E-state index contributed by atoms with van der Waals surface area (Å²) in [5.41, 5.74) is 1.89. The molecule has 1 saturated heterocycles. The van der Waals surface area contributed by atoms with E-state index in [0.717, 1.165) is 30.6 Å². The highest BCUT2D eigenvalue weighted by molar-refractivity contribution is 5.57. The van der Waals surface area contributed by atoms with E-state index in [2.05, 4.69) is 17.2 Å². The summed E-state index contributed by atoms with van der Waals surface area (Å²) < 4.78 is 30.5. The first-order chi connectivity index (χ1) is 14.7. The second kappa shape index (κ2) is 9.84. The Bertz CT molecular complexity index is 919.